The third kappa shape index (κ3) is 3.69. The Balaban J connectivity index is 1.15. The van der Waals surface area contributed by atoms with Crippen LogP contribution < -0.4 is 0 Å². The zero-order valence-electron chi connectivity index (χ0n) is 25.9. The number of hydrogen-bond acceptors (Lipinski definition) is 1. The number of rotatable bonds is 3. The highest BCUT2D eigenvalue weighted by molar-refractivity contribution is 7.25. The lowest BCUT2D eigenvalue weighted by Gasteiger charge is -2.22. The van der Waals surface area contributed by atoms with Crippen LogP contribution in [-0.4, -0.2) is 0 Å². The van der Waals surface area contributed by atoms with Gasteiger partial charge in [-0.05, 0) is 132 Å². The van der Waals surface area contributed by atoms with E-state index >= 15 is 0 Å². The summed E-state index contributed by atoms with van der Waals surface area (Å²) in [5.74, 6) is 0. The van der Waals surface area contributed by atoms with Gasteiger partial charge in [-0.2, -0.15) is 0 Å². The van der Waals surface area contributed by atoms with E-state index in [0.29, 0.717) is 0 Å². The van der Waals surface area contributed by atoms with Crippen molar-refractivity contribution in [3.05, 3.63) is 156 Å². The van der Waals surface area contributed by atoms with Crippen molar-refractivity contribution in [2.75, 3.05) is 0 Å². The van der Waals surface area contributed by atoms with Crippen molar-refractivity contribution in [3.8, 4) is 33.4 Å². The molecule has 1 heteroatoms. The number of thiophene rings is 1. The van der Waals surface area contributed by atoms with Crippen molar-refractivity contribution < 1.29 is 0 Å². The van der Waals surface area contributed by atoms with Gasteiger partial charge in [-0.15, -0.1) is 11.3 Å². The van der Waals surface area contributed by atoms with Gasteiger partial charge in [-0.25, -0.2) is 0 Å². The summed E-state index contributed by atoms with van der Waals surface area (Å²) in [5, 5.41) is 10.7. The molecule has 0 amide bonds. The van der Waals surface area contributed by atoms with Crippen molar-refractivity contribution in [1.82, 2.24) is 0 Å². The molecule has 0 spiro atoms. The minimum absolute atomic E-state index is 1.19. The van der Waals surface area contributed by atoms with Gasteiger partial charge in [-0.1, -0.05) is 115 Å². The molecule has 9 aromatic rings. The lowest BCUT2D eigenvalue weighted by Crippen LogP contribution is -2.07. The summed E-state index contributed by atoms with van der Waals surface area (Å²) < 4.78 is 2.79. The van der Waals surface area contributed by atoms with E-state index in [1.165, 1.54) is 134 Å². The van der Waals surface area contributed by atoms with Crippen LogP contribution in [0.1, 0.15) is 22.3 Å². The summed E-state index contributed by atoms with van der Waals surface area (Å²) in [5.41, 5.74) is 14.0. The molecule has 0 saturated carbocycles. The molecule has 0 N–H and O–H groups in total. The molecule has 0 fully saturated rings. The Morgan fingerprint density at radius 3 is 1.51 bits per heavy atom. The van der Waals surface area contributed by atoms with Gasteiger partial charge in [0.1, 0.15) is 0 Å². The van der Waals surface area contributed by atoms with Crippen LogP contribution in [0.25, 0.3) is 85.9 Å². The second-order valence-corrected chi connectivity index (χ2v) is 14.5. The fourth-order valence-corrected chi connectivity index (χ4v) is 9.67. The molecule has 1 aromatic heterocycles. The predicted molar refractivity (Wildman–Crippen MR) is 203 cm³/mol. The largest absolute Gasteiger partial charge is 0.135 e. The zero-order valence-corrected chi connectivity index (χ0v) is 26.8. The molecule has 0 saturated heterocycles. The lowest BCUT2D eigenvalue weighted by atomic mass is 9.81. The molecular weight excluding hydrogens is 585 g/mol. The van der Waals surface area contributed by atoms with Crippen molar-refractivity contribution in [2.45, 2.75) is 25.7 Å². The van der Waals surface area contributed by atoms with Crippen molar-refractivity contribution in [2.24, 2.45) is 0 Å². The summed E-state index contributed by atoms with van der Waals surface area (Å²) in [4.78, 5) is 0. The fourth-order valence-electron chi connectivity index (χ4n) is 8.48. The first-order valence-electron chi connectivity index (χ1n) is 16.8. The average molecular weight is 615 g/mol. The smallest absolute Gasteiger partial charge is 0.0361 e. The summed E-state index contributed by atoms with van der Waals surface area (Å²) >= 11 is 1.94. The van der Waals surface area contributed by atoms with Crippen molar-refractivity contribution >= 4 is 63.8 Å². The van der Waals surface area contributed by atoms with E-state index in [2.05, 4.69) is 133 Å². The molecule has 0 aliphatic heterocycles. The van der Waals surface area contributed by atoms with Crippen molar-refractivity contribution in [1.29, 1.82) is 0 Å². The third-order valence-corrected chi connectivity index (χ3v) is 12.2. The molecule has 8 aromatic carbocycles. The molecular formula is C46H30S. The van der Waals surface area contributed by atoms with Gasteiger partial charge in [0.05, 0.1) is 0 Å². The van der Waals surface area contributed by atoms with Gasteiger partial charge in [0.15, 0.2) is 0 Å². The van der Waals surface area contributed by atoms with Gasteiger partial charge in [0, 0.05) is 20.2 Å². The summed E-state index contributed by atoms with van der Waals surface area (Å²) in [6.07, 6.45) is 4.84. The standard InChI is InChI=1S/C46H30S/c1-2-8-35-34(7-1)33(31-19-20-36-42-24-29-16-17-30(29)25-44(42)47-43(36)26-31)21-22-41(35)46-39-11-5-3-9-37(39)45(38-10-4-6-12-40(38)46)32-18-14-27-13-15-28(27)23-32/h1-12,14,18-26H,13,15-17H2. The first-order valence-corrected chi connectivity index (χ1v) is 17.7. The van der Waals surface area contributed by atoms with E-state index in [9.17, 15) is 0 Å². The van der Waals surface area contributed by atoms with Gasteiger partial charge in [0.25, 0.3) is 0 Å². The molecule has 220 valence electrons. The molecule has 11 rings (SSSR count). The van der Waals surface area contributed by atoms with E-state index < -0.39 is 0 Å². The predicted octanol–water partition coefficient (Wildman–Crippen LogP) is 12.7. The highest BCUT2D eigenvalue weighted by Crippen LogP contribution is 2.47. The maximum absolute atomic E-state index is 2.44. The van der Waals surface area contributed by atoms with Gasteiger partial charge < -0.3 is 0 Å². The Morgan fingerprint density at radius 2 is 0.851 bits per heavy atom. The van der Waals surface area contributed by atoms with Crippen LogP contribution in [-0.2, 0) is 25.7 Å². The van der Waals surface area contributed by atoms with Crippen LogP contribution >= 0.6 is 11.3 Å². The SMILES string of the molecule is c1ccc2c(-c3c4ccccc4c(-c4ccc5c(c4)CC5)c4ccccc34)ccc(-c3ccc4c(c3)sc3cc5c(cc34)CC5)c2c1. The first kappa shape index (κ1) is 25.9. The Hall–Kier alpha value is -5.24. The molecule has 0 atom stereocenters. The number of aryl methyl sites for hydroxylation is 4. The normalized spacial score (nSPS) is 13.6. The van der Waals surface area contributed by atoms with Crippen LogP contribution in [0.3, 0.4) is 0 Å². The topological polar surface area (TPSA) is 0 Å². The molecule has 0 unspecified atom stereocenters. The number of benzene rings is 8. The lowest BCUT2D eigenvalue weighted by molar-refractivity contribution is 0.840. The van der Waals surface area contributed by atoms with Crippen LogP contribution in [0, 0.1) is 0 Å². The second kappa shape index (κ2) is 9.64. The van der Waals surface area contributed by atoms with Crippen LogP contribution in [0.4, 0.5) is 0 Å². The second-order valence-electron chi connectivity index (χ2n) is 13.5. The van der Waals surface area contributed by atoms with E-state index in [1.54, 1.807) is 0 Å². The Morgan fingerprint density at radius 1 is 0.319 bits per heavy atom. The maximum Gasteiger partial charge on any atom is 0.0361 e. The molecule has 2 aliphatic rings. The van der Waals surface area contributed by atoms with Gasteiger partial charge in [-0.3, -0.25) is 0 Å². The van der Waals surface area contributed by atoms with Crippen molar-refractivity contribution in [3.63, 3.8) is 0 Å². The highest BCUT2D eigenvalue weighted by Gasteiger charge is 2.21. The minimum Gasteiger partial charge on any atom is -0.135 e. The van der Waals surface area contributed by atoms with Crippen LogP contribution in [0.5, 0.6) is 0 Å². The molecule has 2 aliphatic carbocycles. The molecule has 0 bridgehead atoms. The number of hydrogen-bond donors (Lipinski definition) is 0. The quantitative estimate of drug-likeness (QED) is 0.174. The monoisotopic (exact) mass is 614 g/mol. The summed E-state index contributed by atoms with van der Waals surface area (Å²) in [6, 6.07) is 51.0. The Kier molecular flexibility index (Phi) is 5.31. The third-order valence-electron chi connectivity index (χ3n) is 11.1. The summed E-state index contributed by atoms with van der Waals surface area (Å²) in [6.45, 7) is 0. The van der Waals surface area contributed by atoms with E-state index in [1.807, 2.05) is 11.3 Å². The first-order chi connectivity index (χ1) is 23.3. The molecule has 1 heterocycles. The zero-order chi connectivity index (χ0) is 30.6. The molecule has 47 heavy (non-hydrogen) atoms. The van der Waals surface area contributed by atoms with E-state index in [0.717, 1.165) is 0 Å². The molecule has 0 radical (unpaired) electrons. The minimum atomic E-state index is 1.19. The van der Waals surface area contributed by atoms with E-state index in [-0.39, 0.29) is 0 Å². The summed E-state index contributed by atoms with van der Waals surface area (Å²) in [7, 11) is 0. The number of fused-ring (bicyclic) bond motifs is 8. The van der Waals surface area contributed by atoms with E-state index in [4.69, 9.17) is 0 Å². The highest BCUT2D eigenvalue weighted by atomic mass is 32.1. The fraction of sp³-hybridized carbons (Fsp3) is 0.0870. The van der Waals surface area contributed by atoms with Gasteiger partial charge >= 0.3 is 0 Å². The maximum atomic E-state index is 2.44. The van der Waals surface area contributed by atoms with Gasteiger partial charge in [0.2, 0.25) is 0 Å². The Labute approximate surface area is 277 Å². The van der Waals surface area contributed by atoms with Crippen LogP contribution in [0.2, 0.25) is 0 Å². The molecule has 0 nitrogen and oxygen atoms in total. The van der Waals surface area contributed by atoms with Crippen LogP contribution in [0.15, 0.2) is 133 Å². The Bertz CT molecular complexity index is 2740. The average Bonchev–Trinajstić information content (AvgIpc) is 3.45.